The molecule has 1 heterocycles. The highest BCUT2D eigenvalue weighted by atomic mass is 32.2. The Kier molecular flexibility index (Phi) is 5.81. The zero-order valence-corrected chi connectivity index (χ0v) is 16.6. The lowest BCUT2D eigenvalue weighted by atomic mass is 9.90. The SMILES string of the molecule is N=Cc1c(O)nc(SCc2cccc(Oc3ccc(F)cc3)c2)c2c1CCCC2. The highest BCUT2D eigenvalue weighted by molar-refractivity contribution is 7.98. The highest BCUT2D eigenvalue weighted by Gasteiger charge is 2.21. The first-order chi connectivity index (χ1) is 14.1. The monoisotopic (exact) mass is 408 g/mol. The van der Waals surface area contributed by atoms with Crippen molar-refractivity contribution in [1.82, 2.24) is 4.98 Å². The number of hydrogen-bond acceptors (Lipinski definition) is 5. The Morgan fingerprint density at radius 2 is 1.83 bits per heavy atom. The van der Waals surface area contributed by atoms with E-state index in [-0.39, 0.29) is 11.7 Å². The van der Waals surface area contributed by atoms with Crippen molar-refractivity contribution in [3.63, 3.8) is 0 Å². The van der Waals surface area contributed by atoms with Crippen molar-refractivity contribution in [3.05, 3.63) is 76.6 Å². The molecule has 0 unspecified atom stereocenters. The molecule has 0 fully saturated rings. The van der Waals surface area contributed by atoms with E-state index in [1.54, 1.807) is 23.9 Å². The Morgan fingerprint density at radius 3 is 2.59 bits per heavy atom. The maximum absolute atomic E-state index is 13.1. The minimum Gasteiger partial charge on any atom is -0.493 e. The van der Waals surface area contributed by atoms with Gasteiger partial charge in [-0.2, -0.15) is 0 Å². The van der Waals surface area contributed by atoms with Gasteiger partial charge in [0.25, 0.3) is 0 Å². The lowest BCUT2D eigenvalue weighted by molar-refractivity contribution is 0.443. The number of nitrogens with one attached hydrogen (secondary N) is 1. The molecule has 1 aliphatic rings. The van der Waals surface area contributed by atoms with Gasteiger partial charge in [-0.25, -0.2) is 9.37 Å². The van der Waals surface area contributed by atoms with Crippen molar-refractivity contribution >= 4 is 18.0 Å². The average molecular weight is 408 g/mol. The first-order valence-corrected chi connectivity index (χ1v) is 10.5. The molecule has 0 radical (unpaired) electrons. The number of rotatable bonds is 6. The fraction of sp³-hybridized carbons (Fsp3) is 0.217. The summed E-state index contributed by atoms with van der Waals surface area (Å²) in [7, 11) is 0. The van der Waals surface area contributed by atoms with Crippen LogP contribution in [0.1, 0.15) is 35.1 Å². The van der Waals surface area contributed by atoms with Crippen molar-refractivity contribution in [3.8, 4) is 17.4 Å². The highest BCUT2D eigenvalue weighted by Crippen LogP contribution is 2.36. The van der Waals surface area contributed by atoms with E-state index < -0.39 is 0 Å². The summed E-state index contributed by atoms with van der Waals surface area (Å²) in [6, 6.07) is 13.7. The number of thioether (sulfide) groups is 1. The van der Waals surface area contributed by atoms with Crippen LogP contribution in [0.3, 0.4) is 0 Å². The van der Waals surface area contributed by atoms with Crippen LogP contribution in [0.5, 0.6) is 17.4 Å². The number of halogens is 1. The van der Waals surface area contributed by atoms with Gasteiger partial charge in [-0.15, -0.1) is 11.8 Å². The molecule has 3 aromatic rings. The molecule has 6 heteroatoms. The van der Waals surface area contributed by atoms with E-state index in [1.165, 1.54) is 18.3 Å². The van der Waals surface area contributed by atoms with Gasteiger partial charge in [-0.05, 0) is 78.8 Å². The molecule has 29 heavy (non-hydrogen) atoms. The Balaban J connectivity index is 1.52. The van der Waals surface area contributed by atoms with Crippen LogP contribution in [0.25, 0.3) is 0 Å². The summed E-state index contributed by atoms with van der Waals surface area (Å²) < 4.78 is 18.9. The molecule has 148 valence electrons. The number of aromatic nitrogens is 1. The summed E-state index contributed by atoms with van der Waals surface area (Å²) in [5.74, 6) is 1.60. The topological polar surface area (TPSA) is 66.2 Å². The Morgan fingerprint density at radius 1 is 1.07 bits per heavy atom. The zero-order chi connectivity index (χ0) is 20.2. The van der Waals surface area contributed by atoms with Gasteiger partial charge in [0.05, 0.1) is 5.56 Å². The Hall–Kier alpha value is -2.86. The number of fused-ring (bicyclic) bond motifs is 1. The standard InChI is InChI=1S/C23H21FN2O2S/c24-16-8-10-17(11-9-16)28-18-5-3-4-15(12-18)14-29-23-20-7-2-1-6-19(20)21(13-25)22(27)26-23/h3-5,8-13,25H,1-2,6-7,14H2,(H,26,27). The second-order valence-corrected chi connectivity index (χ2v) is 7.92. The van der Waals surface area contributed by atoms with Crippen LogP contribution in [0.4, 0.5) is 4.39 Å². The average Bonchev–Trinajstić information content (AvgIpc) is 2.74. The van der Waals surface area contributed by atoms with Crippen LogP contribution in [0.15, 0.2) is 53.6 Å². The molecular weight excluding hydrogens is 387 g/mol. The fourth-order valence-electron chi connectivity index (χ4n) is 3.56. The smallest absolute Gasteiger partial charge is 0.221 e. The normalized spacial score (nSPS) is 13.0. The van der Waals surface area contributed by atoms with Crippen LogP contribution in [0, 0.1) is 11.2 Å². The van der Waals surface area contributed by atoms with Crippen molar-refractivity contribution in [2.45, 2.75) is 36.5 Å². The fourth-order valence-corrected chi connectivity index (χ4v) is 4.59. The van der Waals surface area contributed by atoms with Crippen LogP contribution >= 0.6 is 11.8 Å². The summed E-state index contributed by atoms with van der Waals surface area (Å²) in [6.45, 7) is 0. The minimum absolute atomic E-state index is 0.0588. The lowest BCUT2D eigenvalue weighted by Crippen LogP contribution is -2.10. The van der Waals surface area contributed by atoms with Crippen LogP contribution in [0.2, 0.25) is 0 Å². The third-order valence-corrected chi connectivity index (χ3v) is 6.06. The molecule has 0 saturated carbocycles. The van der Waals surface area contributed by atoms with E-state index in [9.17, 15) is 9.50 Å². The van der Waals surface area contributed by atoms with E-state index in [4.69, 9.17) is 10.1 Å². The molecule has 0 atom stereocenters. The number of benzene rings is 2. The quantitative estimate of drug-likeness (QED) is 0.394. The van der Waals surface area contributed by atoms with Gasteiger partial charge in [0.2, 0.25) is 5.88 Å². The minimum atomic E-state index is -0.296. The van der Waals surface area contributed by atoms with E-state index in [2.05, 4.69) is 4.98 Å². The van der Waals surface area contributed by atoms with E-state index in [0.29, 0.717) is 22.8 Å². The van der Waals surface area contributed by atoms with E-state index >= 15 is 0 Å². The molecule has 0 bridgehead atoms. The molecular formula is C23H21FN2O2S. The van der Waals surface area contributed by atoms with Gasteiger partial charge in [0.1, 0.15) is 22.3 Å². The molecule has 2 aromatic carbocycles. The summed E-state index contributed by atoms with van der Waals surface area (Å²) in [5, 5.41) is 18.7. The molecule has 0 amide bonds. The number of pyridine rings is 1. The van der Waals surface area contributed by atoms with Gasteiger partial charge in [0, 0.05) is 12.0 Å². The number of hydrogen-bond donors (Lipinski definition) is 2. The summed E-state index contributed by atoms with van der Waals surface area (Å²) in [6.07, 6.45) is 5.19. The second kappa shape index (κ2) is 8.66. The zero-order valence-electron chi connectivity index (χ0n) is 15.8. The summed E-state index contributed by atoms with van der Waals surface area (Å²) in [5.41, 5.74) is 3.85. The first kappa shape index (κ1) is 19.5. The number of nitrogens with zero attached hydrogens (tertiary/aromatic N) is 1. The maximum atomic E-state index is 13.1. The van der Waals surface area contributed by atoms with Crippen molar-refractivity contribution in [2.24, 2.45) is 0 Å². The van der Waals surface area contributed by atoms with Gasteiger partial charge in [-0.1, -0.05) is 12.1 Å². The predicted octanol–water partition coefficient (Wildman–Crippen LogP) is 5.89. The molecule has 2 N–H and O–H groups in total. The van der Waals surface area contributed by atoms with E-state index in [0.717, 1.165) is 47.4 Å². The van der Waals surface area contributed by atoms with Crippen LogP contribution < -0.4 is 4.74 Å². The summed E-state index contributed by atoms with van der Waals surface area (Å²) in [4.78, 5) is 4.37. The molecule has 1 aliphatic carbocycles. The molecule has 4 nitrogen and oxygen atoms in total. The first-order valence-electron chi connectivity index (χ1n) is 9.54. The van der Waals surface area contributed by atoms with Gasteiger partial charge in [0.15, 0.2) is 0 Å². The lowest BCUT2D eigenvalue weighted by Gasteiger charge is -2.21. The van der Waals surface area contributed by atoms with Gasteiger partial charge >= 0.3 is 0 Å². The Labute approximate surface area is 173 Å². The van der Waals surface area contributed by atoms with Gasteiger partial charge in [-0.3, -0.25) is 0 Å². The largest absolute Gasteiger partial charge is 0.493 e. The maximum Gasteiger partial charge on any atom is 0.221 e. The number of aromatic hydroxyl groups is 1. The van der Waals surface area contributed by atoms with Crippen molar-refractivity contribution in [2.75, 3.05) is 0 Å². The Bertz CT molecular complexity index is 1040. The molecule has 0 saturated heterocycles. The molecule has 0 aliphatic heterocycles. The molecule has 4 rings (SSSR count). The second-order valence-electron chi connectivity index (χ2n) is 6.95. The van der Waals surface area contributed by atoms with Crippen LogP contribution in [-0.2, 0) is 18.6 Å². The number of ether oxygens (including phenoxy) is 1. The predicted molar refractivity (Wildman–Crippen MR) is 113 cm³/mol. The third kappa shape index (κ3) is 4.43. The molecule has 0 spiro atoms. The van der Waals surface area contributed by atoms with Crippen molar-refractivity contribution in [1.29, 1.82) is 5.41 Å². The van der Waals surface area contributed by atoms with E-state index in [1.807, 2.05) is 24.3 Å². The van der Waals surface area contributed by atoms with Gasteiger partial charge < -0.3 is 15.3 Å². The van der Waals surface area contributed by atoms with Crippen LogP contribution in [-0.4, -0.2) is 16.3 Å². The third-order valence-electron chi connectivity index (χ3n) is 4.97. The van der Waals surface area contributed by atoms with Crippen molar-refractivity contribution < 1.29 is 14.2 Å². The molecule has 1 aromatic heterocycles. The summed E-state index contributed by atoms with van der Waals surface area (Å²) >= 11 is 1.59.